The number of nitrogens with one attached hydrogen (secondary N) is 1. The SMILES string of the molecule is CN(CCCN)C(=O)Nc1ccc(F)cc1. The molecule has 0 atom stereocenters. The minimum absolute atomic E-state index is 0.222. The number of anilines is 1. The van der Waals surface area contributed by atoms with Crippen molar-refractivity contribution in [1.29, 1.82) is 0 Å². The lowest BCUT2D eigenvalue weighted by molar-refractivity contribution is 0.222. The molecule has 0 aliphatic rings. The number of halogens is 1. The summed E-state index contributed by atoms with van der Waals surface area (Å²) < 4.78 is 12.6. The monoisotopic (exact) mass is 225 g/mol. The molecule has 0 fully saturated rings. The van der Waals surface area contributed by atoms with Crippen LogP contribution in [0.5, 0.6) is 0 Å². The van der Waals surface area contributed by atoms with Gasteiger partial charge in [-0.15, -0.1) is 0 Å². The van der Waals surface area contributed by atoms with E-state index in [1.165, 1.54) is 29.2 Å². The number of benzene rings is 1. The predicted octanol–water partition coefficient (Wildman–Crippen LogP) is 1.64. The summed E-state index contributed by atoms with van der Waals surface area (Å²) in [5, 5.41) is 2.66. The maximum atomic E-state index is 12.6. The lowest BCUT2D eigenvalue weighted by Gasteiger charge is -2.17. The number of urea groups is 1. The summed E-state index contributed by atoms with van der Waals surface area (Å²) in [5.74, 6) is -0.325. The summed E-state index contributed by atoms with van der Waals surface area (Å²) in [6.07, 6.45) is 0.757. The Morgan fingerprint density at radius 2 is 2.06 bits per heavy atom. The molecule has 0 heterocycles. The van der Waals surface area contributed by atoms with Crippen LogP contribution in [-0.4, -0.2) is 31.1 Å². The first-order valence-corrected chi connectivity index (χ1v) is 5.11. The standard InChI is InChI=1S/C11H16FN3O/c1-15(8-2-7-13)11(16)14-10-5-3-9(12)4-6-10/h3-6H,2,7-8,13H2,1H3,(H,14,16). The highest BCUT2D eigenvalue weighted by Crippen LogP contribution is 2.08. The Morgan fingerprint density at radius 1 is 1.44 bits per heavy atom. The molecule has 2 amide bonds. The number of hydrogen-bond donors (Lipinski definition) is 2. The first kappa shape index (κ1) is 12.4. The van der Waals surface area contributed by atoms with Crippen LogP contribution < -0.4 is 11.1 Å². The van der Waals surface area contributed by atoms with Gasteiger partial charge in [0.1, 0.15) is 5.82 Å². The highest BCUT2D eigenvalue weighted by molar-refractivity contribution is 5.89. The minimum atomic E-state index is -0.325. The van der Waals surface area contributed by atoms with Crippen LogP contribution in [-0.2, 0) is 0 Å². The topological polar surface area (TPSA) is 58.4 Å². The van der Waals surface area contributed by atoms with Gasteiger partial charge in [-0.3, -0.25) is 0 Å². The van der Waals surface area contributed by atoms with Gasteiger partial charge in [-0.05, 0) is 37.2 Å². The van der Waals surface area contributed by atoms with E-state index in [0.29, 0.717) is 18.8 Å². The summed E-state index contributed by atoms with van der Waals surface area (Å²) >= 11 is 0. The minimum Gasteiger partial charge on any atom is -0.330 e. The van der Waals surface area contributed by atoms with Crippen molar-refractivity contribution in [2.45, 2.75) is 6.42 Å². The van der Waals surface area contributed by atoms with E-state index in [1.54, 1.807) is 7.05 Å². The fraction of sp³-hybridized carbons (Fsp3) is 0.364. The van der Waals surface area contributed by atoms with Gasteiger partial charge in [0.05, 0.1) is 0 Å². The average molecular weight is 225 g/mol. The van der Waals surface area contributed by atoms with E-state index in [4.69, 9.17) is 5.73 Å². The molecule has 0 saturated carbocycles. The first-order chi connectivity index (χ1) is 7.63. The van der Waals surface area contributed by atoms with Gasteiger partial charge in [0.2, 0.25) is 0 Å². The normalized spacial score (nSPS) is 9.94. The number of amides is 2. The van der Waals surface area contributed by atoms with Crippen molar-refractivity contribution >= 4 is 11.7 Å². The molecular weight excluding hydrogens is 209 g/mol. The highest BCUT2D eigenvalue weighted by Gasteiger charge is 2.07. The number of rotatable bonds is 4. The van der Waals surface area contributed by atoms with Crippen molar-refractivity contribution in [2.75, 3.05) is 25.5 Å². The fourth-order valence-corrected chi connectivity index (χ4v) is 1.18. The van der Waals surface area contributed by atoms with Crippen LogP contribution in [0.3, 0.4) is 0 Å². The molecule has 16 heavy (non-hydrogen) atoms. The quantitative estimate of drug-likeness (QED) is 0.818. The zero-order valence-corrected chi connectivity index (χ0v) is 9.24. The second-order valence-corrected chi connectivity index (χ2v) is 3.50. The molecular formula is C11H16FN3O. The van der Waals surface area contributed by atoms with E-state index < -0.39 is 0 Å². The Labute approximate surface area is 94.2 Å². The van der Waals surface area contributed by atoms with E-state index in [0.717, 1.165) is 6.42 Å². The summed E-state index contributed by atoms with van der Waals surface area (Å²) in [6, 6.07) is 5.42. The number of nitrogens with two attached hydrogens (primary N) is 1. The average Bonchev–Trinajstić information content (AvgIpc) is 2.29. The van der Waals surface area contributed by atoms with Gasteiger partial charge < -0.3 is 16.0 Å². The zero-order chi connectivity index (χ0) is 12.0. The van der Waals surface area contributed by atoms with Crippen LogP contribution in [0.15, 0.2) is 24.3 Å². The van der Waals surface area contributed by atoms with Crippen molar-refractivity contribution < 1.29 is 9.18 Å². The van der Waals surface area contributed by atoms with Gasteiger partial charge in [-0.2, -0.15) is 0 Å². The summed E-state index contributed by atoms with van der Waals surface area (Å²) in [4.78, 5) is 13.1. The summed E-state index contributed by atoms with van der Waals surface area (Å²) in [7, 11) is 1.69. The molecule has 3 N–H and O–H groups in total. The van der Waals surface area contributed by atoms with E-state index in [-0.39, 0.29) is 11.8 Å². The molecule has 0 unspecified atom stereocenters. The van der Waals surface area contributed by atoms with Crippen molar-refractivity contribution in [3.63, 3.8) is 0 Å². The van der Waals surface area contributed by atoms with Gasteiger partial charge >= 0.3 is 6.03 Å². The fourth-order valence-electron chi connectivity index (χ4n) is 1.18. The van der Waals surface area contributed by atoms with Crippen LogP contribution in [0.1, 0.15) is 6.42 Å². The lowest BCUT2D eigenvalue weighted by atomic mass is 10.3. The second kappa shape index (κ2) is 6.07. The Balaban J connectivity index is 2.47. The Bertz CT molecular complexity index is 340. The Kier molecular flexibility index (Phi) is 4.72. The van der Waals surface area contributed by atoms with Crippen molar-refractivity contribution in [3.8, 4) is 0 Å². The van der Waals surface area contributed by atoms with Gasteiger partial charge in [0.25, 0.3) is 0 Å². The van der Waals surface area contributed by atoms with Crippen molar-refractivity contribution in [3.05, 3.63) is 30.1 Å². The molecule has 0 saturated heterocycles. The number of nitrogens with zero attached hydrogens (tertiary/aromatic N) is 1. The molecule has 1 aromatic rings. The number of carbonyl (C=O) groups excluding carboxylic acids is 1. The lowest BCUT2D eigenvalue weighted by Crippen LogP contribution is -2.32. The van der Waals surface area contributed by atoms with E-state index in [9.17, 15) is 9.18 Å². The van der Waals surface area contributed by atoms with E-state index in [2.05, 4.69) is 5.32 Å². The van der Waals surface area contributed by atoms with E-state index >= 15 is 0 Å². The molecule has 0 radical (unpaired) electrons. The smallest absolute Gasteiger partial charge is 0.321 e. The first-order valence-electron chi connectivity index (χ1n) is 5.11. The second-order valence-electron chi connectivity index (χ2n) is 3.50. The summed E-state index contributed by atoms with van der Waals surface area (Å²) in [5.41, 5.74) is 5.92. The summed E-state index contributed by atoms with van der Waals surface area (Å²) in [6.45, 7) is 1.15. The zero-order valence-electron chi connectivity index (χ0n) is 9.24. The van der Waals surface area contributed by atoms with Gasteiger partial charge in [-0.1, -0.05) is 0 Å². The van der Waals surface area contributed by atoms with Crippen LogP contribution in [0.25, 0.3) is 0 Å². The molecule has 0 spiro atoms. The van der Waals surface area contributed by atoms with Crippen LogP contribution in [0.4, 0.5) is 14.9 Å². The number of hydrogen-bond acceptors (Lipinski definition) is 2. The van der Waals surface area contributed by atoms with Crippen LogP contribution in [0, 0.1) is 5.82 Å². The molecule has 1 aromatic carbocycles. The molecule has 0 aliphatic heterocycles. The van der Waals surface area contributed by atoms with Crippen molar-refractivity contribution in [2.24, 2.45) is 5.73 Å². The van der Waals surface area contributed by atoms with Crippen LogP contribution in [0.2, 0.25) is 0 Å². The largest absolute Gasteiger partial charge is 0.330 e. The van der Waals surface area contributed by atoms with Gasteiger partial charge in [0.15, 0.2) is 0 Å². The molecule has 4 nitrogen and oxygen atoms in total. The third-order valence-electron chi connectivity index (χ3n) is 2.14. The highest BCUT2D eigenvalue weighted by atomic mass is 19.1. The molecule has 5 heteroatoms. The van der Waals surface area contributed by atoms with E-state index in [1.807, 2.05) is 0 Å². The maximum Gasteiger partial charge on any atom is 0.321 e. The van der Waals surface area contributed by atoms with Gasteiger partial charge in [0, 0.05) is 19.3 Å². The third-order valence-corrected chi connectivity index (χ3v) is 2.14. The molecule has 0 aliphatic carbocycles. The number of carbonyl (C=O) groups is 1. The van der Waals surface area contributed by atoms with Gasteiger partial charge in [-0.25, -0.2) is 9.18 Å². The molecule has 88 valence electrons. The van der Waals surface area contributed by atoms with Crippen LogP contribution >= 0.6 is 0 Å². The maximum absolute atomic E-state index is 12.6. The molecule has 0 aromatic heterocycles. The molecule has 0 bridgehead atoms. The Morgan fingerprint density at radius 3 is 2.62 bits per heavy atom. The molecule has 1 rings (SSSR count). The van der Waals surface area contributed by atoms with Crippen molar-refractivity contribution in [1.82, 2.24) is 4.90 Å². The Hall–Kier alpha value is -1.62. The third kappa shape index (κ3) is 3.86. The predicted molar refractivity (Wildman–Crippen MR) is 61.7 cm³/mol.